The van der Waals surface area contributed by atoms with Gasteiger partial charge in [0.05, 0.1) is 6.61 Å². The third kappa shape index (κ3) is 7.72. The molecule has 2 aliphatic heterocycles. The van der Waals surface area contributed by atoms with E-state index in [0.717, 1.165) is 45.4 Å². The standard InChI is InChI=1S/C23H38N4O.HI/c1-3-28-19-20-12-15-27(17-20)23(24-2)25-16-21-10-6-7-11-22(21)18-26-13-8-4-5-9-14-26;/h6-7,10-11,20H,3-5,8-9,12-19H2,1-2H3,(H,24,25);1H. The Morgan fingerprint density at radius 1 is 1.10 bits per heavy atom. The third-order valence-corrected chi connectivity index (χ3v) is 6.00. The van der Waals surface area contributed by atoms with Crippen LogP contribution < -0.4 is 5.32 Å². The van der Waals surface area contributed by atoms with Crippen molar-refractivity contribution >= 4 is 29.9 Å². The quantitative estimate of drug-likeness (QED) is 0.338. The van der Waals surface area contributed by atoms with Gasteiger partial charge < -0.3 is 15.0 Å². The van der Waals surface area contributed by atoms with E-state index in [9.17, 15) is 0 Å². The molecule has 2 aliphatic rings. The molecule has 6 heteroatoms. The summed E-state index contributed by atoms with van der Waals surface area (Å²) in [7, 11) is 1.89. The molecule has 0 radical (unpaired) electrons. The van der Waals surface area contributed by atoms with Crippen LogP contribution in [0.1, 0.15) is 50.2 Å². The molecule has 0 aromatic heterocycles. The second kappa shape index (κ2) is 13.4. The molecular weight excluding hydrogens is 475 g/mol. The molecular formula is C23H39IN4O. The summed E-state index contributed by atoms with van der Waals surface area (Å²) in [6, 6.07) is 8.87. The highest BCUT2D eigenvalue weighted by Crippen LogP contribution is 2.18. The molecule has 1 atom stereocenters. The van der Waals surface area contributed by atoms with Crippen molar-refractivity contribution in [1.29, 1.82) is 0 Å². The molecule has 2 heterocycles. The number of aliphatic imine (C=N–C) groups is 1. The number of ether oxygens (including phenoxy) is 1. The zero-order valence-electron chi connectivity index (χ0n) is 18.2. The normalized spacial score (nSPS) is 21.0. The highest BCUT2D eigenvalue weighted by molar-refractivity contribution is 14.0. The SMILES string of the molecule is CCOCC1CCN(C(=NC)NCc2ccccc2CN2CCCCCC2)C1.I. The molecule has 1 N–H and O–H groups in total. The van der Waals surface area contributed by atoms with Crippen molar-refractivity contribution in [2.75, 3.05) is 46.4 Å². The maximum Gasteiger partial charge on any atom is 0.193 e. The predicted octanol–water partition coefficient (Wildman–Crippen LogP) is 4.11. The molecule has 0 bridgehead atoms. The Balaban J connectivity index is 0.00000300. The summed E-state index contributed by atoms with van der Waals surface area (Å²) in [4.78, 5) is 9.54. The number of halogens is 1. The summed E-state index contributed by atoms with van der Waals surface area (Å²) in [5, 5.41) is 3.61. The average molecular weight is 514 g/mol. The number of nitrogens with one attached hydrogen (secondary N) is 1. The number of benzene rings is 1. The Kier molecular flexibility index (Phi) is 11.3. The van der Waals surface area contributed by atoms with Crippen molar-refractivity contribution in [1.82, 2.24) is 15.1 Å². The van der Waals surface area contributed by atoms with Gasteiger partial charge in [-0.1, -0.05) is 37.1 Å². The topological polar surface area (TPSA) is 40.1 Å². The first-order valence-corrected chi connectivity index (χ1v) is 11.1. The van der Waals surface area contributed by atoms with Crippen molar-refractivity contribution in [2.24, 2.45) is 10.9 Å². The number of rotatable bonds is 7. The molecule has 5 nitrogen and oxygen atoms in total. The van der Waals surface area contributed by atoms with Crippen LogP contribution in [0.25, 0.3) is 0 Å². The molecule has 2 fully saturated rings. The van der Waals surface area contributed by atoms with E-state index >= 15 is 0 Å². The van der Waals surface area contributed by atoms with Gasteiger partial charge in [0, 0.05) is 45.8 Å². The van der Waals surface area contributed by atoms with Crippen LogP contribution in [0.15, 0.2) is 29.3 Å². The van der Waals surface area contributed by atoms with Gasteiger partial charge in [-0.2, -0.15) is 0 Å². The van der Waals surface area contributed by atoms with Crippen LogP contribution in [-0.4, -0.2) is 62.2 Å². The first kappa shape index (κ1) is 24.4. The number of guanidine groups is 1. The first-order chi connectivity index (χ1) is 13.8. The summed E-state index contributed by atoms with van der Waals surface area (Å²) in [6.07, 6.45) is 6.63. The number of hydrogen-bond acceptors (Lipinski definition) is 3. The molecule has 1 aromatic carbocycles. The van der Waals surface area contributed by atoms with E-state index < -0.39 is 0 Å². The van der Waals surface area contributed by atoms with E-state index in [4.69, 9.17) is 4.74 Å². The number of hydrogen-bond donors (Lipinski definition) is 1. The molecule has 0 spiro atoms. The summed E-state index contributed by atoms with van der Waals surface area (Å²) >= 11 is 0. The van der Waals surface area contributed by atoms with E-state index in [-0.39, 0.29) is 24.0 Å². The summed E-state index contributed by atoms with van der Waals surface area (Å²) in [5.74, 6) is 1.64. The van der Waals surface area contributed by atoms with Crippen LogP contribution >= 0.6 is 24.0 Å². The fourth-order valence-electron chi connectivity index (χ4n) is 4.37. The minimum atomic E-state index is 0. The maximum absolute atomic E-state index is 5.61. The van der Waals surface area contributed by atoms with E-state index in [2.05, 4.69) is 51.3 Å². The van der Waals surface area contributed by atoms with Crippen molar-refractivity contribution in [3.63, 3.8) is 0 Å². The van der Waals surface area contributed by atoms with E-state index in [1.165, 1.54) is 56.3 Å². The second-order valence-electron chi connectivity index (χ2n) is 8.12. The Morgan fingerprint density at radius 2 is 1.83 bits per heavy atom. The molecule has 164 valence electrons. The van der Waals surface area contributed by atoms with Crippen molar-refractivity contribution in [3.05, 3.63) is 35.4 Å². The fraction of sp³-hybridized carbons (Fsp3) is 0.696. The van der Waals surface area contributed by atoms with Gasteiger partial charge in [0.1, 0.15) is 0 Å². The Hall–Kier alpha value is -0.860. The van der Waals surface area contributed by atoms with Crippen LogP contribution in [0.4, 0.5) is 0 Å². The summed E-state index contributed by atoms with van der Waals surface area (Å²) in [6.45, 7) is 10.2. The first-order valence-electron chi connectivity index (χ1n) is 11.1. The minimum absolute atomic E-state index is 0. The molecule has 0 saturated carbocycles. The van der Waals surface area contributed by atoms with Crippen molar-refractivity contribution < 1.29 is 4.74 Å². The summed E-state index contributed by atoms with van der Waals surface area (Å²) < 4.78 is 5.61. The second-order valence-corrected chi connectivity index (χ2v) is 8.12. The zero-order valence-corrected chi connectivity index (χ0v) is 20.6. The van der Waals surface area contributed by atoms with Crippen LogP contribution in [-0.2, 0) is 17.8 Å². The minimum Gasteiger partial charge on any atom is -0.381 e. The van der Waals surface area contributed by atoms with Gasteiger partial charge in [-0.15, -0.1) is 24.0 Å². The largest absolute Gasteiger partial charge is 0.381 e. The van der Waals surface area contributed by atoms with Crippen LogP contribution in [0, 0.1) is 5.92 Å². The van der Waals surface area contributed by atoms with Crippen LogP contribution in [0.3, 0.4) is 0 Å². The average Bonchev–Trinajstić information content (AvgIpc) is 3.04. The highest BCUT2D eigenvalue weighted by Gasteiger charge is 2.25. The van der Waals surface area contributed by atoms with Gasteiger partial charge in [-0.05, 0) is 50.4 Å². The molecule has 3 rings (SSSR count). The predicted molar refractivity (Wildman–Crippen MR) is 132 cm³/mol. The zero-order chi connectivity index (χ0) is 19.6. The van der Waals surface area contributed by atoms with E-state index in [1.807, 2.05) is 7.05 Å². The highest BCUT2D eigenvalue weighted by atomic mass is 127. The monoisotopic (exact) mass is 514 g/mol. The lowest BCUT2D eigenvalue weighted by atomic mass is 10.1. The molecule has 0 amide bonds. The van der Waals surface area contributed by atoms with Crippen molar-refractivity contribution in [2.45, 2.75) is 52.1 Å². The van der Waals surface area contributed by atoms with Gasteiger partial charge >= 0.3 is 0 Å². The van der Waals surface area contributed by atoms with Gasteiger partial charge in [0.25, 0.3) is 0 Å². The molecule has 1 aromatic rings. The molecule has 2 saturated heterocycles. The maximum atomic E-state index is 5.61. The smallest absolute Gasteiger partial charge is 0.193 e. The fourth-order valence-corrected chi connectivity index (χ4v) is 4.37. The van der Waals surface area contributed by atoms with E-state index in [0.29, 0.717) is 5.92 Å². The van der Waals surface area contributed by atoms with Gasteiger partial charge in [-0.3, -0.25) is 9.89 Å². The van der Waals surface area contributed by atoms with Crippen LogP contribution in [0.2, 0.25) is 0 Å². The van der Waals surface area contributed by atoms with Crippen LogP contribution in [0.5, 0.6) is 0 Å². The lowest BCUT2D eigenvalue weighted by Crippen LogP contribution is -2.40. The third-order valence-electron chi connectivity index (χ3n) is 6.00. The lowest BCUT2D eigenvalue weighted by Gasteiger charge is -2.24. The number of nitrogens with zero attached hydrogens (tertiary/aromatic N) is 3. The lowest BCUT2D eigenvalue weighted by molar-refractivity contribution is 0.114. The Bertz CT molecular complexity index is 617. The Morgan fingerprint density at radius 3 is 2.52 bits per heavy atom. The van der Waals surface area contributed by atoms with E-state index in [1.54, 1.807) is 0 Å². The van der Waals surface area contributed by atoms with Gasteiger partial charge in [-0.25, -0.2) is 0 Å². The van der Waals surface area contributed by atoms with Gasteiger partial charge in [0.15, 0.2) is 5.96 Å². The molecule has 0 aliphatic carbocycles. The van der Waals surface area contributed by atoms with Crippen molar-refractivity contribution in [3.8, 4) is 0 Å². The van der Waals surface area contributed by atoms with Gasteiger partial charge in [0.2, 0.25) is 0 Å². The Labute approximate surface area is 194 Å². The molecule has 1 unspecified atom stereocenters. The number of likely N-dealkylation sites (tertiary alicyclic amines) is 2. The summed E-state index contributed by atoms with van der Waals surface area (Å²) in [5.41, 5.74) is 2.83. The molecule has 29 heavy (non-hydrogen) atoms.